The van der Waals surface area contributed by atoms with Crippen molar-refractivity contribution in [3.63, 3.8) is 0 Å². The van der Waals surface area contributed by atoms with E-state index in [1.807, 2.05) is 60.4 Å². The van der Waals surface area contributed by atoms with Crippen LogP contribution in [0.25, 0.3) is 0 Å². The molecule has 3 heterocycles. The van der Waals surface area contributed by atoms with E-state index in [4.69, 9.17) is 27.1 Å². The van der Waals surface area contributed by atoms with Crippen LogP contribution < -0.4 is 5.73 Å². The summed E-state index contributed by atoms with van der Waals surface area (Å²) in [5.74, 6) is -0.131. The Morgan fingerprint density at radius 2 is 1.86 bits per heavy atom. The molecule has 0 spiro atoms. The second-order valence-corrected chi connectivity index (χ2v) is 13.7. The third-order valence-corrected chi connectivity index (χ3v) is 9.75. The molecule has 5 rings (SSSR count). The summed E-state index contributed by atoms with van der Waals surface area (Å²) in [5, 5.41) is 0.646. The maximum atomic E-state index is 13.8. The van der Waals surface area contributed by atoms with Crippen molar-refractivity contribution in [1.82, 2.24) is 14.7 Å². The number of piperidine rings is 1. The lowest BCUT2D eigenvalue weighted by Crippen LogP contribution is -2.62. The molecular formula is C34H45BrClN5O3. The average molecular weight is 687 g/mol. The Morgan fingerprint density at radius 1 is 1.07 bits per heavy atom. The number of aryl methyl sites for hydroxylation is 1. The molecule has 0 bridgehead atoms. The zero-order valence-corrected chi connectivity index (χ0v) is 28.0. The first-order valence-corrected chi connectivity index (χ1v) is 17.3. The maximum Gasteiger partial charge on any atom is 0.288 e. The molecule has 238 valence electrons. The molecule has 0 unspecified atom stereocenters. The number of ketones is 1. The largest absolute Gasteiger partial charge is 0.455 e. The normalized spacial score (nSPS) is 23.3. The van der Waals surface area contributed by atoms with Crippen molar-refractivity contribution in [2.45, 2.75) is 82.5 Å². The fourth-order valence-corrected chi connectivity index (χ4v) is 7.14. The minimum absolute atomic E-state index is 0.00973. The van der Waals surface area contributed by atoms with Gasteiger partial charge in [0.25, 0.3) is 6.02 Å². The predicted molar refractivity (Wildman–Crippen MR) is 179 cm³/mol. The van der Waals surface area contributed by atoms with Crippen LogP contribution in [0.15, 0.2) is 58.0 Å². The Bertz CT molecular complexity index is 1320. The molecule has 3 aliphatic rings. The monoisotopic (exact) mass is 685 g/mol. The number of aliphatic imine (C=N–C) groups is 1. The summed E-state index contributed by atoms with van der Waals surface area (Å²) < 4.78 is 7.37. The van der Waals surface area contributed by atoms with Gasteiger partial charge in [-0.05, 0) is 94.1 Å². The van der Waals surface area contributed by atoms with Gasteiger partial charge in [0.15, 0.2) is 5.78 Å². The molecular weight excluding hydrogens is 642 g/mol. The highest BCUT2D eigenvalue weighted by Gasteiger charge is 2.40. The summed E-state index contributed by atoms with van der Waals surface area (Å²) in [6.07, 6.45) is 7.08. The summed E-state index contributed by atoms with van der Waals surface area (Å²) in [6, 6.07) is 14.8. The number of rotatable bonds is 11. The minimum atomic E-state index is -0.624. The first-order valence-electron chi connectivity index (χ1n) is 16.1. The second kappa shape index (κ2) is 15.7. The van der Waals surface area contributed by atoms with Crippen molar-refractivity contribution in [1.29, 1.82) is 0 Å². The third-order valence-electron chi connectivity index (χ3n) is 9.02. The van der Waals surface area contributed by atoms with Crippen LogP contribution in [0, 0.1) is 0 Å². The Balaban J connectivity index is 1.23. The smallest absolute Gasteiger partial charge is 0.288 e. The number of ether oxygens (including phenoxy) is 1. The van der Waals surface area contributed by atoms with Gasteiger partial charge >= 0.3 is 0 Å². The number of carbonyl (C=O) groups excluding carboxylic acids is 2. The van der Waals surface area contributed by atoms with Crippen LogP contribution in [-0.2, 0) is 20.7 Å². The van der Waals surface area contributed by atoms with Crippen molar-refractivity contribution >= 4 is 45.2 Å². The van der Waals surface area contributed by atoms with Gasteiger partial charge in [0.1, 0.15) is 12.1 Å². The Kier molecular flexibility index (Phi) is 11.7. The molecule has 8 nitrogen and oxygen atoms in total. The lowest BCUT2D eigenvalue weighted by Gasteiger charge is -2.42. The fraction of sp³-hybridized carbons (Fsp3) is 0.559. The maximum absolute atomic E-state index is 13.8. The van der Waals surface area contributed by atoms with Gasteiger partial charge in [0.05, 0.1) is 12.1 Å². The summed E-state index contributed by atoms with van der Waals surface area (Å²) in [6.45, 7) is 6.70. The molecule has 1 amide bonds. The van der Waals surface area contributed by atoms with Gasteiger partial charge in [-0.2, -0.15) is 0 Å². The molecule has 10 heteroatoms. The van der Waals surface area contributed by atoms with Crippen LogP contribution >= 0.6 is 27.5 Å². The summed E-state index contributed by atoms with van der Waals surface area (Å²) in [4.78, 5) is 38.6. The van der Waals surface area contributed by atoms with E-state index in [0.29, 0.717) is 49.9 Å². The lowest BCUT2D eigenvalue weighted by atomic mass is 9.99. The number of nitrogens with two attached hydrogens (primary N) is 1. The van der Waals surface area contributed by atoms with Crippen LogP contribution in [0.2, 0.25) is 5.02 Å². The number of nitrogens with zero attached hydrogens (tertiary/aromatic N) is 4. The number of Topliss-reactive ketones (excluding diaryl/α,β-unsaturated/α-hetero) is 1. The van der Waals surface area contributed by atoms with Gasteiger partial charge in [-0.3, -0.25) is 9.59 Å². The highest BCUT2D eigenvalue weighted by atomic mass is 79.9. The number of halogens is 2. The first kappa shape index (κ1) is 32.9. The number of piperazine rings is 1. The van der Waals surface area contributed by atoms with E-state index in [2.05, 4.69) is 20.8 Å². The van der Waals surface area contributed by atoms with Gasteiger partial charge in [0.2, 0.25) is 5.91 Å². The van der Waals surface area contributed by atoms with E-state index in [1.54, 1.807) is 4.90 Å². The number of hydrogen-bond donors (Lipinski definition) is 1. The van der Waals surface area contributed by atoms with Crippen molar-refractivity contribution < 1.29 is 14.3 Å². The fourth-order valence-electron chi connectivity index (χ4n) is 6.51. The Morgan fingerprint density at radius 3 is 2.64 bits per heavy atom. The average Bonchev–Trinajstić information content (AvgIpc) is 3.43. The Labute approximate surface area is 275 Å². The number of amides is 1. The quantitative estimate of drug-likeness (QED) is 0.309. The second-order valence-electron chi connectivity index (χ2n) is 12.3. The number of benzene rings is 2. The van der Waals surface area contributed by atoms with E-state index in [9.17, 15) is 9.59 Å². The minimum Gasteiger partial charge on any atom is -0.455 e. The van der Waals surface area contributed by atoms with Gasteiger partial charge in [-0.1, -0.05) is 64.6 Å². The molecule has 3 aliphatic heterocycles. The Hall–Kier alpha value is -2.46. The standard InChI is InChI=1S/C34H45BrClN5O3/c1-24-32(26-10-8-11-27(35)22-26)44-34(38-24)40-19-20-41(30(23-40)31(42)15-14-25-9-7-12-28(36)21-25)33(43)29(37)13-3-6-18-39-16-4-2-5-17-39/h7-12,21-22,24,29-30,32H,2-6,13-20,23,37H2,1H3/t24-,29+,30-,32+/m0/s1. The molecule has 0 aromatic heterocycles. The predicted octanol–water partition coefficient (Wildman–Crippen LogP) is 5.62. The molecule has 4 atom stereocenters. The highest BCUT2D eigenvalue weighted by molar-refractivity contribution is 9.10. The molecule has 0 radical (unpaired) electrons. The molecule has 0 saturated carbocycles. The molecule has 2 aromatic carbocycles. The van der Waals surface area contributed by atoms with Crippen molar-refractivity contribution in [3.05, 3.63) is 69.2 Å². The summed E-state index contributed by atoms with van der Waals surface area (Å²) >= 11 is 9.73. The van der Waals surface area contributed by atoms with Crippen molar-refractivity contribution in [2.75, 3.05) is 39.3 Å². The number of unbranched alkanes of at least 4 members (excludes halogenated alkanes) is 1. The third kappa shape index (κ3) is 8.62. The van der Waals surface area contributed by atoms with Crippen LogP contribution in [0.3, 0.4) is 0 Å². The van der Waals surface area contributed by atoms with E-state index in [1.165, 1.54) is 32.4 Å². The van der Waals surface area contributed by atoms with Gasteiger partial charge in [-0.15, -0.1) is 0 Å². The van der Waals surface area contributed by atoms with Gasteiger partial charge in [-0.25, -0.2) is 4.99 Å². The van der Waals surface area contributed by atoms with Crippen molar-refractivity contribution in [2.24, 2.45) is 10.7 Å². The van der Waals surface area contributed by atoms with Gasteiger partial charge < -0.3 is 25.2 Å². The molecule has 2 saturated heterocycles. The topological polar surface area (TPSA) is 91.5 Å². The van der Waals surface area contributed by atoms with E-state index >= 15 is 0 Å². The molecule has 2 aromatic rings. The SMILES string of the molecule is C[C@@H]1N=C(N2CCN(C(=O)[C@H](N)CCCCN3CCCCC3)[C@H](C(=O)CCc3cccc(Cl)c3)C2)O[C@H]1c1cccc(Br)c1. The van der Waals surface area contributed by atoms with Crippen LogP contribution in [0.1, 0.15) is 69.1 Å². The van der Waals surface area contributed by atoms with E-state index < -0.39 is 12.1 Å². The number of hydrogen-bond acceptors (Lipinski definition) is 7. The molecule has 2 N–H and O–H groups in total. The lowest BCUT2D eigenvalue weighted by molar-refractivity contribution is -0.143. The van der Waals surface area contributed by atoms with E-state index in [0.717, 1.165) is 35.0 Å². The number of likely N-dealkylation sites (tertiary alicyclic amines) is 1. The van der Waals surface area contributed by atoms with Crippen LogP contribution in [-0.4, -0.2) is 89.8 Å². The number of carbonyl (C=O) groups is 2. The zero-order chi connectivity index (χ0) is 31.1. The number of amidine groups is 1. The van der Waals surface area contributed by atoms with E-state index in [-0.39, 0.29) is 23.8 Å². The van der Waals surface area contributed by atoms with Crippen LogP contribution in [0.5, 0.6) is 0 Å². The highest BCUT2D eigenvalue weighted by Crippen LogP contribution is 2.32. The first-order chi connectivity index (χ1) is 21.3. The summed E-state index contributed by atoms with van der Waals surface area (Å²) in [7, 11) is 0. The van der Waals surface area contributed by atoms with Crippen molar-refractivity contribution in [3.8, 4) is 0 Å². The van der Waals surface area contributed by atoms with Gasteiger partial charge in [0, 0.05) is 35.6 Å². The molecule has 0 aliphatic carbocycles. The molecule has 44 heavy (non-hydrogen) atoms. The van der Waals surface area contributed by atoms with Crippen LogP contribution in [0.4, 0.5) is 0 Å². The molecule has 2 fully saturated rings. The summed E-state index contributed by atoms with van der Waals surface area (Å²) in [5.41, 5.74) is 8.52. The zero-order valence-electron chi connectivity index (χ0n) is 25.7.